The maximum Gasteiger partial charge on any atom is 0.322 e. The number of carbonyl (C=O) groups excluding carboxylic acids is 2. The number of unbranched alkanes of at least 4 members (excludes halogenated alkanes) is 25. The molecule has 266 valence electrons. The van der Waals surface area contributed by atoms with Crippen molar-refractivity contribution < 1.29 is 24.2 Å². The summed E-state index contributed by atoms with van der Waals surface area (Å²) < 4.78 is 5.99. The highest BCUT2D eigenvalue weighted by Gasteiger charge is 2.14. The van der Waals surface area contributed by atoms with Gasteiger partial charge in [-0.2, -0.15) is 0 Å². The molecule has 0 aromatic heterocycles. The molecule has 6 heteroatoms. The Morgan fingerprint density at radius 2 is 0.822 bits per heavy atom. The molecule has 1 amide bonds. The van der Waals surface area contributed by atoms with Crippen molar-refractivity contribution in [1.29, 1.82) is 0 Å². The normalized spacial score (nSPS) is 11.9. The molecule has 0 saturated carbocycles. The first-order valence-corrected chi connectivity index (χ1v) is 19.7. The van der Waals surface area contributed by atoms with Crippen LogP contribution < -0.4 is 5.32 Å². The molecule has 0 aliphatic carbocycles. The van der Waals surface area contributed by atoms with Crippen LogP contribution in [0.1, 0.15) is 219 Å². The monoisotopic (exact) mass is 638 g/mol. The number of carbonyl (C=O) groups is 3. The number of carboxylic acids is 1. The maximum atomic E-state index is 12.6. The molecule has 45 heavy (non-hydrogen) atoms. The number of nitrogens with one attached hydrogen (secondary N) is 1. The lowest BCUT2D eigenvalue weighted by Gasteiger charge is -2.18. The van der Waals surface area contributed by atoms with E-state index >= 15 is 0 Å². The van der Waals surface area contributed by atoms with Gasteiger partial charge in [-0.1, -0.05) is 168 Å². The zero-order valence-electron chi connectivity index (χ0n) is 30.0. The highest BCUT2D eigenvalue weighted by atomic mass is 16.5. The lowest BCUT2D eigenvalue weighted by Crippen LogP contribution is -2.28. The Kier molecular flexibility index (Phi) is 34.0. The zero-order valence-corrected chi connectivity index (χ0v) is 30.0. The Balaban J connectivity index is 3.97. The molecular weight excluding hydrogens is 562 g/mol. The summed E-state index contributed by atoms with van der Waals surface area (Å²) in [5, 5.41) is 11.0. The van der Waals surface area contributed by atoms with E-state index in [1.807, 2.05) is 0 Å². The van der Waals surface area contributed by atoms with E-state index in [1.165, 1.54) is 128 Å². The van der Waals surface area contributed by atoms with Crippen LogP contribution in [-0.2, 0) is 19.1 Å². The number of amides is 1. The van der Waals surface area contributed by atoms with E-state index in [9.17, 15) is 14.4 Å². The van der Waals surface area contributed by atoms with E-state index < -0.39 is 5.97 Å². The van der Waals surface area contributed by atoms with Crippen molar-refractivity contribution >= 4 is 17.8 Å². The lowest BCUT2D eigenvalue weighted by atomic mass is 10.0. The first kappa shape index (κ1) is 43.4. The van der Waals surface area contributed by atoms with Gasteiger partial charge in [0.05, 0.1) is 0 Å². The fourth-order valence-electron chi connectivity index (χ4n) is 6.10. The van der Waals surface area contributed by atoms with Crippen molar-refractivity contribution in [2.24, 2.45) is 0 Å². The highest BCUT2D eigenvalue weighted by Crippen LogP contribution is 2.19. The number of esters is 1. The number of rotatable bonds is 36. The van der Waals surface area contributed by atoms with E-state index in [1.54, 1.807) is 0 Å². The van der Waals surface area contributed by atoms with E-state index in [0.717, 1.165) is 64.2 Å². The third kappa shape index (κ3) is 35.1. The molecule has 0 saturated heterocycles. The van der Waals surface area contributed by atoms with Gasteiger partial charge in [-0.15, -0.1) is 0 Å². The number of carboxylic acid groups (broad SMARTS) is 1. The zero-order chi connectivity index (χ0) is 33.1. The van der Waals surface area contributed by atoms with Crippen molar-refractivity contribution in [1.82, 2.24) is 5.32 Å². The summed E-state index contributed by atoms with van der Waals surface area (Å²) in [6.07, 6.45) is 38.0. The first-order chi connectivity index (χ1) is 22.0. The predicted molar refractivity (Wildman–Crippen MR) is 190 cm³/mol. The van der Waals surface area contributed by atoms with Crippen molar-refractivity contribution in [3.63, 3.8) is 0 Å². The Bertz CT molecular complexity index is 668. The van der Waals surface area contributed by atoms with Gasteiger partial charge in [0.15, 0.2) is 0 Å². The van der Waals surface area contributed by atoms with Gasteiger partial charge in [-0.25, -0.2) is 0 Å². The van der Waals surface area contributed by atoms with E-state index in [4.69, 9.17) is 9.84 Å². The van der Waals surface area contributed by atoms with Gasteiger partial charge in [-0.3, -0.25) is 14.4 Å². The maximum absolute atomic E-state index is 12.6. The number of aliphatic carboxylic acids is 1. The second-order valence-electron chi connectivity index (χ2n) is 13.6. The number of ether oxygens (including phenoxy) is 1. The average molecular weight is 638 g/mol. The van der Waals surface area contributed by atoms with Gasteiger partial charge >= 0.3 is 11.9 Å². The molecule has 0 aromatic rings. The second kappa shape index (κ2) is 35.3. The Labute approximate surface area is 279 Å². The molecule has 0 bridgehead atoms. The summed E-state index contributed by atoms with van der Waals surface area (Å²) in [5.41, 5.74) is 0. The summed E-state index contributed by atoms with van der Waals surface area (Å²) in [7, 11) is 0. The molecule has 0 fully saturated rings. The Morgan fingerprint density at radius 1 is 0.489 bits per heavy atom. The van der Waals surface area contributed by atoms with Crippen LogP contribution in [-0.4, -0.2) is 35.6 Å². The minimum Gasteiger partial charge on any atom is -0.480 e. The van der Waals surface area contributed by atoms with Crippen LogP contribution in [0.3, 0.4) is 0 Å². The minimum absolute atomic E-state index is 0.0133. The van der Waals surface area contributed by atoms with Crippen molar-refractivity contribution in [3.05, 3.63) is 0 Å². The van der Waals surface area contributed by atoms with Crippen LogP contribution in [0.2, 0.25) is 0 Å². The summed E-state index contributed by atoms with van der Waals surface area (Å²) in [4.78, 5) is 34.8. The van der Waals surface area contributed by atoms with Gasteiger partial charge in [0.1, 0.15) is 12.6 Å². The molecule has 0 aromatic carbocycles. The van der Waals surface area contributed by atoms with Crippen molar-refractivity contribution in [3.8, 4) is 0 Å². The predicted octanol–water partition coefficient (Wildman–Crippen LogP) is 11.6. The van der Waals surface area contributed by atoms with Gasteiger partial charge in [0.2, 0.25) is 5.91 Å². The Morgan fingerprint density at radius 3 is 1.20 bits per heavy atom. The van der Waals surface area contributed by atoms with Gasteiger partial charge < -0.3 is 15.2 Å². The van der Waals surface area contributed by atoms with Crippen LogP contribution in [0.25, 0.3) is 0 Å². The molecule has 0 aliphatic rings. The second-order valence-corrected chi connectivity index (χ2v) is 13.6. The van der Waals surface area contributed by atoms with Crippen LogP contribution >= 0.6 is 0 Å². The van der Waals surface area contributed by atoms with Crippen LogP contribution in [0, 0.1) is 0 Å². The smallest absolute Gasteiger partial charge is 0.322 e. The highest BCUT2D eigenvalue weighted by molar-refractivity contribution is 5.80. The Hall–Kier alpha value is -1.59. The fraction of sp³-hybridized carbons (Fsp3) is 0.923. The summed E-state index contributed by atoms with van der Waals surface area (Å²) in [5.74, 6) is -1.22. The fourth-order valence-corrected chi connectivity index (χ4v) is 6.10. The molecule has 0 aliphatic heterocycles. The molecule has 6 nitrogen and oxygen atoms in total. The summed E-state index contributed by atoms with van der Waals surface area (Å²) in [6, 6.07) is 0. The molecule has 1 atom stereocenters. The molecular formula is C39H75NO5. The summed E-state index contributed by atoms with van der Waals surface area (Å²) >= 11 is 0. The first-order valence-electron chi connectivity index (χ1n) is 19.7. The average Bonchev–Trinajstić information content (AvgIpc) is 3.02. The SMILES string of the molecule is CCCCCCCCCCCCCCCCCCC(=O)OC(CCCCCCCCC)CCCCCCCC(=O)NCC(=O)O. The molecule has 0 radical (unpaired) electrons. The molecule has 2 N–H and O–H groups in total. The number of hydrogen-bond acceptors (Lipinski definition) is 4. The minimum atomic E-state index is -1.01. The number of hydrogen-bond donors (Lipinski definition) is 2. The topological polar surface area (TPSA) is 92.7 Å². The molecule has 0 heterocycles. The standard InChI is InChI=1S/C39H75NO5/c1-3-5-7-9-11-12-13-14-15-16-17-18-19-21-26-30-34-39(44)45-36(31-27-23-20-10-8-6-4-2)32-28-24-22-25-29-33-37(41)40-35-38(42)43/h36H,3-35H2,1-2H3,(H,40,41)(H,42,43). The van der Waals surface area contributed by atoms with Gasteiger partial charge in [0, 0.05) is 12.8 Å². The van der Waals surface area contributed by atoms with Crippen molar-refractivity contribution in [2.45, 2.75) is 225 Å². The van der Waals surface area contributed by atoms with Gasteiger partial charge in [0.25, 0.3) is 0 Å². The lowest BCUT2D eigenvalue weighted by molar-refractivity contribution is -0.150. The quantitative estimate of drug-likeness (QED) is 0.0526. The van der Waals surface area contributed by atoms with E-state index in [-0.39, 0.29) is 24.5 Å². The van der Waals surface area contributed by atoms with Crippen LogP contribution in [0.15, 0.2) is 0 Å². The van der Waals surface area contributed by atoms with E-state index in [0.29, 0.717) is 12.8 Å². The molecule has 1 unspecified atom stereocenters. The largest absolute Gasteiger partial charge is 0.480 e. The van der Waals surface area contributed by atoms with E-state index in [2.05, 4.69) is 19.2 Å². The third-order valence-corrected chi connectivity index (χ3v) is 9.03. The third-order valence-electron chi connectivity index (χ3n) is 9.03. The molecule has 0 spiro atoms. The molecule has 0 rings (SSSR count). The van der Waals surface area contributed by atoms with Crippen LogP contribution in [0.4, 0.5) is 0 Å². The van der Waals surface area contributed by atoms with Crippen molar-refractivity contribution in [2.75, 3.05) is 6.54 Å². The summed E-state index contributed by atoms with van der Waals surface area (Å²) in [6.45, 7) is 4.22. The van der Waals surface area contributed by atoms with Crippen LogP contribution in [0.5, 0.6) is 0 Å². The van der Waals surface area contributed by atoms with Gasteiger partial charge in [-0.05, 0) is 38.5 Å².